The number of aromatic nitrogens is 4. The van der Waals surface area contributed by atoms with Crippen LogP contribution in [0, 0.1) is 6.92 Å². The Balaban J connectivity index is 1.65. The minimum Gasteiger partial charge on any atom is -0.377 e. The summed E-state index contributed by atoms with van der Waals surface area (Å²) in [7, 11) is 0. The lowest BCUT2D eigenvalue weighted by Crippen LogP contribution is -2.36. The summed E-state index contributed by atoms with van der Waals surface area (Å²) in [6.45, 7) is 5.76. The highest BCUT2D eigenvalue weighted by Crippen LogP contribution is 2.27. The Bertz CT molecular complexity index is 655. The van der Waals surface area contributed by atoms with E-state index in [2.05, 4.69) is 25.7 Å². The van der Waals surface area contributed by atoms with Crippen molar-refractivity contribution in [2.45, 2.75) is 26.4 Å². The van der Waals surface area contributed by atoms with Gasteiger partial charge in [0.2, 0.25) is 5.13 Å². The molecule has 3 rings (SSSR count). The number of anilines is 1. The van der Waals surface area contributed by atoms with Gasteiger partial charge in [0, 0.05) is 18.8 Å². The number of nitrogens with one attached hydrogen (secondary N) is 2. The number of carbonyl (C=O) groups excluding carboxylic acids is 1. The number of urea groups is 1. The average Bonchev–Trinajstić information content (AvgIpc) is 3.05. The van der Waals surface area contributed by atoms with E-state index >= 15 is 0 Å². The Morgan fingerprint density at radius 3 is 3.14 bits per heavy atom. The summed E-state index contributed by atoms with van der Waals surface area (Å²) in [5, 5.41) is 19.0. The summed E-state index contributed by atoms with van der Waals surface area (Å²) in [5.74, 6) is 0. The van der Waals surface area contributed by atoms with Crippen molar-refractivity contribution in [1.82, 2.24) is 25.3 Å². The molecule has 1 aliphatic heterocycles. The molecule has 0 radical (unpaired) electrons. The van der Waals surface area contributed by atoms with Crippen LogP contribution in [0.2, 0.25) is 0 Å². The molecule has 22 heavy (non-hydrogen) atoms. The molecule has 2 aromatic rings. The van der Waals surface area contributed by atoms with Crippen LogP contribution in [-0.4, -0.2) is 57.1 Å². The minimum absolute atomic E-state index is 0.163. The van der Waals surface area contributed by atoms with Crippen LogP contribution in [0.5, 0.6) is 0 Å². The van der Waals surface area contributed by atoms with Crippen LogP contribution in [0.25, 0.3) is 10.6 Å². The summed E-state index contributed by atoms with van der Waals surface area (Å²) in [6.07, 6.45) is 2.73. The summed E-state index contributed by atoms with van der Waals surface area (Å²) < 4.78 is 5.54. The monoisotopic (exact) mass is 322 g/mol. The Hall–Kier alpha value is -2.00. The van der Waals surface area contributed by atoms with Gasteiger partial charge in [-0.15, -0.1) is 10.2 Å². The molecule has 0 spiro atoms. The lowest BCUT2D eigenvalue weighted by atomic mass is 10.3. The van der Waals surface area contributed by atoms with Crippen molar-refractivity contribution >= 4 is 22.5 Å². The topological polar surface area (TPSA) is 96.0 Å². The molecule has 8 nitrogen and oxygen atoms in total. The van der Waals surface area contributed by atoms with Crippen LogP contribution in [-0.2, 0) is 4.74 Å². The lowest BCUT2D eigenvalue weighted by molar-refractivity contribution is 0.0761. The van der Waals surface area contributed by atoms with Crippen LogP contribution < -0.4 is 5.32 Å². The molecule has 1 fully saturated rings. The van der Waals surface area contributed by atoms with Crippen molar-refractivity contribution in [3.8, 4) is 10.6 Å². The molecule has 0 aromatic carbocycles. The van der Waals surface area contributed by atoms with E-state index in [-0.39, 0.29) is 12.1 Å². The number of hydrogen-bond donors (Lipinski definition) is 2. The van der Waals surface area contributed by atoms with Gasteiger partial charge in [0.05, 0.1) is 24.5 Å². The Labute approximate surface area is 131 Å². The van der Waals surface area contributed by atoms with Crippen LogP contribution in [0.4, 0.5) is 9.93 Å². The van der Waals surface area contributed by atoms with Crippen LogP contribution in [0.3, 0.4) is 0 Å². The van der Waals surface area contributed by atoms with E-state index < -0.39 is 0 Å². The second-order valence-corrected chi connectivity index (χ2v) is 6.19. The first kappa shape index (κ1) is 14.9. The molecular weight excluding hydrogens is 304 g/mol. The van der Waals surface area contributed by atoms with E-state index in [4.69, 9.17) is 4.74 Å². The zero-order valence-corrected chi connectivity index (χ0v) is 13.3. The number of ether oxygens (including phenoxy) is 1. The fourth-order valence-corrected chi connectivity index (χ4v) is 3.02. The summed E-state index contributed by atoms with van der Waals surface area (Å²) in [5.41, 5.74) is 1.82. The quantitative estimate of drug-likeness (QED) is 0.880. The number of aromatic amines is 1. The highest BCUT2D eigenvalue weighted by Gasteiger charge is 2.20. The zero-order valence-electron chi connectivity index (χ0n) is 12.5. The molecule has 1 unspecified atom stereocenters. The molecule has 1 saturated heterocycles. The van der Waals surface area contributed by atoms with Gasteiger partial charge in [0.1, 0.15) is 0 Å². The number of rotatable bonds is 2. The van der Waals surface area contributed by atoms with Crippen molar-refractivity contribution in [2.75, 3.05) is 25.0 Å². The summed E-state index contributed by atoms with van der Waals surface area (Å²) >= 11 is 1.33. The lowest BCUT2D eigenvalue weighted by Gasteiger charge is -2.18. The Morgan fingerprint density at radius 2 is 2.36 bits per heavy atom. The molecule has 3 heterocycles. The van der Waals surface area contributed by atoms with Crippen molar-refractivity contribution in [1.29, 1.82) is 0 Å². The van der Waals surface area contributed by atoms with Gasteiger partial charge < -0.3 is 9.64 Å². The Kier molecular flexibility index (Phi) is 4.34. The van der Waals surface area contributed by atoms with Crippen molar-refractivity contribution < 1.29 is 9.53 Å². The molecule has 0 aliphatic carbocycles. The maximum atomic E-state index is 12.3. The van der Waals surface area contributed by atoms with E-state index in [0.29, 0.717) is 24.8 Å². The number of H-pyrrole nitrogens is 1. The van der Waals surface area contributed by atoms with Gasteiger partial charge in [-0.05, 0) is 20.3 Å². The highest BCUT2D eigenvalue weighted by atomic mass is 32.1. The van der Waals surface area contributed by atoms with Crippen LogP contribution in [0.15, 0.2) is 6.20 Å². The van der Waals surface area contributed by atoms with Crippen LogP contribution in [0.1, 0.15) is 19.0 Å². The second-order valence-electron chi connectivity index (χ2n) is 5.21. The molecule has 0 saturated carbocycles. The van der Waals surface area contributed by atoms with Crippen molar-refractivity contribution in [2.24, 2.45) is 0 Å². The molecule has 2 amide bonds. The number of nitrogens with zero attached hydrogens (tertiary/aromatic N) is 4. The molecule has 118 valence electrons. The molecule has 2 N–H and O–H groups in total. The minimum atomic E-state index is -0.163. The maximum absolute atomic E-state index is 12.3. The smallest absolute Gasteiger partial charge is 0.323 e. The largest absolute Gasteiger partial charge is 0.377 e. The zero-order chi connectivity index (χ0) is 15.5. The molecule has 2 aromatic heterocycles. The molecule has 1 atom stereocenters. The van der Waals surface area contributed by atoms with E-state index in [1.165, 1.54) is 11.3 Å². The van der Waals surface area contributed by atoms with Crippen molar-refractivity contribution in [3.63, 3.8) is 0 Å². The first-order valence-corrected chi connectivity index (χ1v) is 7.96. The molecule has 1 aliphatic rings. The fraction of sp³-hybridized carbons (Fsp3) is 0.538. The Morgan fingerprint density at radius 1 is 1.50 bits per heavy atom. The number of aryl methyl sites for hydroxylation is 1. The van der Waals surface area contributed by atoms with Gasteiger partial charge in [-0.1, -0.05) is 11.3 Å². The van der Waals surface area contributed by atoms with E-state index in [9.17, 15) is 4.79 Å². The van der Waals surface area contributed by atoms with Gasteiger partial charge in [-0.2, -0.15) is 5.10 Å². The predicted octanol–water partition coefficient (Wildman–Crippen LogP) is 1.88. The molecule has 9 heteroatoms. The second kappa shape index (κ2) is 6.41. The number of carbonyl (C=O) groups is 1. The van der Waals surface area contributed by atoms with E-state index in [1.54, 1.807) is 11.1 Å². The highest BCUT2D eigenvalue weighted by molar-refractivity contribution is 7.18. The first-order valence-electron chi connectivity index (χ1n) is 7.15. The first-order chi connectivity index (χ1) is 10.6. The maximum Gasteiger partial charge on any atom is 0.323 e. The summed E-state index contributed by atoms with van der Waals surface area (Å²) in [4.78, 5) is 14.0. The van der Waals surface area contributed by atoms with E-state index in [1.807, 2.05) is 13.8 Å². The van der Waals surface area contributed by atoms with Gasteiger partial charge in [-0.3, -0.25) is 10.4 Å². The third kappa shape index (κ3) is 3.25. The SMILES string of the molecule is Cc1[nH]ncc1-c1nnc(NC(=O)N2CCOC(C)CC2)s1. The predicted molar refractivity (Wildman–Crippen MR) is 82.9 cm³/mol. The van der Waals surface area contributed by atoms with Gasteiger partial charge in [0.25, 0.3) is 0 Å². The van der Waals surface area contributed by atoms with Gasteiger partial charge >= 0.3 is 6.03 Å². The molecule has 0 bridgehead atoms. The third-order valence-electron chi connectivity index (χ3n) is 3.56. The normalized spacial score (nSPS) is 19.0. The standard InChI is InChI=1S/C13H18N6O2S/c1-8-3-4-19(5-6-21-8)13(20)15-12-18-17-11(22-12)10-7-14-16-9(10)2/h7-8H,3-6H2,1-2H3,(H,14,16)(H,15,18,20). The average molecular weight is 322 g/mol. The van der Waals surface area contributed by atoms with Crippen molar-refractivity contribution in [3.05, 3.63) is 11.9 Å². The number of amides is 2. The third-order valence-corrected chi connectivity index (χ3v) is 4.43. The van der Waals surface area contributed by atoms with Gasteiger partial charge in [0.15, 0.2) is 5.01 Å². The van der Waals surface area contributed by atoms with Gasteiger partial charge in [-0.25, -0.2) is 4.79 Å². The number of hydrogen-bond acceptors (Lipinski definition) is 6. The molecular formula is C13H18N6O2S. The summed E-state index contributed by atoms with van der Waals surface area (Å²) in [6, 6.07) is -0.163. The fourth-order valence-electron chi connectivity index (χ4n) is 2.22. The van der Waals surface area contributed by atoms with E-state index in [0.717, 1.165) is 22.7 Å². The van der Waals surface area contributed by atoms with Crippen LogP contribution >= 0.6 is 11.3 Å².